The fourth-order valence-corrected chi connectivity index (χ4v) is 5.17. The van der Waals surface area contributed by atoms with Crippen molar-refractivity contribution in [1.29, 1.82) is 0 Å². The van der Waals surface area contributed by atoms with Gasteiger partial charge in [-0.25, -0.2) is 4.79 Å². The minimum atomic E-state index is -1.48. The van der Waals surface area contributed by atoms with Crippen LogP contribution in [0.5, 0.6) is 0 Å². The SMILES string of the molecule is CO[C@@]1(N)C(=O)N2C(C(=O)O)=C(CSc3ccc4nnnn4n3)CS[C@@H]21. The molecule has 0 bridgehead atoms. The van der Waals surface area contributed by atoms with Gasteiger partial charge < -0.3 is 9.84 Å². The Kier molecular flexibility index (Phi) is 4.10. The van der Waals surface area contributed by atoms with Gasteiger partial charge in [-0.3, -0.25) is 15.4 Å². The van der Waals surface area contributed by atoms with Crippen molar-refractivity contribution in [3.05, 3.63) is 23.4 Å². The Balaban J connectivity index is 1.58. The molecule has 1 amide bonds. The van der Waals surface area contributed by atoms with E-state index in [4.69, 9.17) is 10.5 Å². The van der Waals surface area contributed by atoms with E-state index in [1.54, 1.807) is 12.1 Å². The van der Waals surface area contributed by atoms with Crippen LogP contribution in [0.2, 0.25) is 0 Å². The molecule has 11 nitrogen and oxygen atoms in total. The van der Waals surface area contributed by atoms with E-state index in [-0.39, 0.29) is 5.70 Å². The molecule has 136 valence electrons. The Morgan fingerprint density at radius 2 is 2.38 bits per heavy atom. The molecule has 3 N–H and O–H groups in total. The summed E-state index contributed by atoms with van der Waals surface area (Å²) in [6.45, 7) is 0. The number of carboxylic acid groups (broad SMARTS) is 1. The summed E-state index contributed by atoms with van der Waals surface area (Å²) in [5.74, 6) is -0.930. The lowest BCUT2D eigenvalue weighted by atomic mass is 10.00. The number of thioether (sulfide) groups is 2. The van der Waals surface area contributed by atoms with Crippen molar-refractivity contribution in [2.75, 3.05) is 18.6 Å². The second kappa shape index (κ2) is 6.19. The number of ether oxygens (including phenoxy) is 1. The normalized spacial score (nSPS) is 25.4. The standard InChI is InChI=1S/C13H13N7O4S2/c1-24-13(14)11(23)19-9(10(21)22)6(5-26-12(13)19)4-25-8-3-2-7-15-17-18-20(7)16-8/h2-3,12H,4-5,14H2,1H3,(H,21,22)/t12-,13+/m1/s1. The van der Waals surface area contributed by atoms with E-state index in [0.29, 0.717) is 27.8 Å². The fourth-order valence-electron chi connectivity index (χ4n) is 2.79. The fraction of sp³-hybridized carbons (Fsp3) is 0.385. The molecule has 26 heavy (non-hydrogen) atoms. The van der Waals surface area contributed by atoms with Crippen molar-refractivity contribution < 1.29 is 19.4 Å². The molecule has 0 aromatic carbocycles. The largest absolute Gasteiger partial charge is 0.477 e. The Bertz CT molecular complexity index is 947. The molecular formula is C13H13N7O4S2. The maximum atomic E-state index is 12.3. The van der Waals surface area contributed by atoms with Crippen molar-refractivity contribution in [2.45, 2.75) is 16.1 Å². The van der Waals surface area contributed by atoms with Crippen LogP contribution >= 0.6 is 23.5 Å². The van der Waals surface area contributed by atoms with Gasteiger partial charge in [-0.1, -0.05) is 0 Å². The van der Waals surface area contributed by atoms with E-state index in [2.05, 4.69) is 20.6 Å². The van der Waals surface area contributed by atoms with Crippen LogP contribution in [-0.2, 0) is 14.3 Å². The van der Waals surface area contributed by atoms with Crippen LogP contribution in [0.15, 0.2) is 28.4 Å². The molecule has 0 aliphatic carbocycles. The first-order chi connectivity index (χ1) is 12.5. The lowest BCUT2D eigenvalue weighted by Crippen LogP contribution is -2.78. The van der Waals surface area contributed by atoms with Crippen LogP contribution in [0.25, 0.3) is 5.65 Å². The number of hydrogen-bond acceptors (Lipinski definition) is 10. The highest BCUT2D eigenvalue weighted by atomic mass is 32.2. The third kappa shape index (κ3) is 2.46. The monoisotopic (exact) mass is 395 g/mol. The molecule has 2 aromatic rings. The summed E-state index contributed by atoms with van der Waals surface area (Å²) in [6.07, 6.45) is 0. The topological polar surface area (TPSA) is 149 Å². The molecule has 2 atom stereocenters. The molecule has 1 saturated heterocycles. The second-order valence-corrected chi connectivity index (χ2v) is 7.64. The minimum absolute atomic E-state index is 0.0344. The van der Waals surface area contributed by atoms with Crippen molar-refractivity contribution in [3.63, 3.8) is 0 Å². The minimum Gasteiger partial charge on any atom is -0.477 e. The highest BCUT2D eigenvalue weighted by Crippen LogP contribution is 2.45. The van der Waals surface area contributed by atoms with E-state index < -0.39 is 23.0 Å². The number of methoxy groups -OCH3 is 1. The molecule has 13 heteroatoms. The van der Waals surface area contributed by atoms with Gasteiger partial charge in [0.25, 0.3) is 5.91 Å². The van der Waals surface area contributed by atoms with Crippen LogP contribution in [-0.4, -0.2) is 76.9 Å². The highest BCUT2D eigenvalue weighted by Gasteiger charge is 2.63. The maximum absolute atomic E-state index is 12.3. The molecule has 2 aliphatic heterocycles. The molecule has 0 unspecified atom stereocenters. The third-order valence-corrected chi connectivity index (χ3v) is 6.52. The number of amides is 1. The summed E-state index contributed by atoms with van der Waals surface area (Å²) >= 11 is 2.72. The molecule has 2 aliphatic rings. The van der Waals surface area contributed by atoms with Crippen molar-refractivity contribution >= 4 is 41.0 Å². The zero-order valence-corrected chi connectivity index (χ0v) is 15.0. The number of carbonyl (C=O) groups excluding carboxylic acids is 1. The summed E-state index contributed by atoms with van der Waals surface area (Å²) in [6, 6.07) is 3.47. The first-order valence-corrected chi connectivity index (χ1v) is 9.42. The average Bonchev–Trinajstić information content (AvgIpc) is 3.12. The first-order valence-electron chi connectivity index (χ1n) is 7.38. The van der Waals surface area contributed by atoms with Crippen molar-refractivity contribution in [1.82, 2.24) is 30.2 Å². The summed E-state index contributed by atoms with van der Waals surface area (Å²) in [7, 11) is 1.34. The van der Waals surface area contributed by atoms with Gasteiger partial charge in [0.1, 0.15) is 16.1 Å². The van der Waals surface area contributed by atoms with Gasteiger partial charge in [0.05, 0.1) is 0 Å². The maximum Gasteiger partial charge on any atom is 0.352 e. The van der Waals surface area contributed by atoms with Crippen LogP contribution in [0.4, 0.5) is 0 Å². The number of carboxylic acids is 1. The highest BCUT2D eigenvalue weighted by molar-refractivity contribution is 8.01. The summed E-state index contributed by atoms with van der Waals surface area (Å²) in [4.78, 5) is 25.3. The van der Waals surface area contributed by atoms with Gasteiger partial charge >= 0.3 is 5.97 Å². The number of hydrogen-bond donors (Lipinski definition) is 2. The zero-order valence-electron chi connectivity index (χ0n) is 13.4. The lowest BCUT2D eigenvalue weighted by Gasteiger charge is -2.54. The quantitative estimate of drug-likeness (QED) is 0.371. The van der Waals surface area contributed by atoms with E-state index in [1.807, 2.05) is 0 Å². The molecule has 2 aromatic heterocycles. The molecule has 0 saturated carbocycles. The predicted octanol–water partition coefficient (Wildman–Crippen LogP) is -0.833. The van der Waals surface area contributed by atoms with Gasteiger partial charge in [-0.2, -0.15) is 0 Å². The van der Waals surface area contributed by atoms with Crippen LogP contribution in [0.3, 0.4) is 0 Å². The lowest BCUT2D eigenvalue weighted by molar-refractivity contribution is -0.182. The molecule has 0 spiro atoms. The van der Waals surface area contributed by atoms with Gasteiger partial charge in [-0.05, 0) is 28.1 Å². The number of nitrogens with zero attached hydrogens (tertiary/aromatic N) is 6. The number of aliphatic carboxylic acids is 1. The summed E-state index contributed by atoms with van der Waals surface area (Å²) in [5.41, 5.74) is 5.55. The molecular weight excluding hydrogens is 382 g/mol. The Morgan fingerprint density at radius 1 is 1.58 bits per heavy atom. The Hall–Kier alpha value is -2.22. The van der Waals surface area contributed by atoms with Crippen LogP contribution < -0.4 is 5.73 Å². The number of nitrogens with two attached hydrogens (primary N) is 1. The van der Waals surface area contributed by atoms with E-state index in [1.165, 1.54) is 40.2 Å². The van der Waals surface area contributed by atoms with E-state index in [9.17, 15) is 14.7 Å². The van der Waals surface area contributed by atoms with Crippen molar-refractivity contribution in [3.8, 4) is 0 Å². The molecule has 0 radical (unpaired) electrons. The van der Waals surface area contributed by atoms with Crippen molar-refractivity contribution in [2.24, 2.45) is 5.73 Å². The number of aromatic nitrogens is 5. The Morgan fingerprint density at radius 3 is 3.12 bits per heavy atom. The smallest absolute Gasteiger partial charge is 0.352 e. The van der Waals surface area contributed by atoms with Crippen LogP contribution in [0, 0.1) is 0 Å². The molecule has 1 fully saturated rings. The van der Waals surface area contributed by atoms with Gasteiger partial charge in [0.2, 0.25) is 5.72 Å². The molecule has 4 rings (SSSR count). The van der Waals surface area contributed by atoms with E-state index in [0.717, 1.165) is 0 Å². The first kappa shape index (κ1) is 17.2. The number of fused-ring (bicyclic) bond motifs is 2. The second-order valence-electron chi connectivity index (χ2n) is 5.58. The molecule has 4 heterocycles. The summed E-state index contributed by atoms with van der Waals surface area (Å²) in [5, 5.41) is 24.9. The number of β-lactam (4-membered cyclic amide) rings is 1. The Labute approximate surface area is 154 Å². The van der Waals surface area contributed by atoms with Crippen LogP contribution in [0.1, 0.15) is 0 Å². The van der Waals surface area contributed by atoms with E-state index >= 15 is 0 Å². The number of tetrazole rings is 1. The van der Waals surface area contributed by atoms with Gasteiger partial charge in [0.15, 0.2) is 5.65 Å². The van der Waals surface area contributed by atoms with Gasteiger partial charge in [-0.15, -0.1) is 38.4 Å². The zero-order chi connectivity index (χ0) is 18.5. The number of carbonyl (C=O) groups is 2. The predicted molar refractivity (Wildman–Crippen MR) is 91.0 cm³/mol. The summed E-state index contributed by atoms with van der Waals surface area (Å²) < 4.78 is 6.39. The number of rotatable bonds is 5. The third-order valence-electron chi connectivity index (χ3n) is 4.13. The average molecular weight is 395 g/mol. The van der Waals surface area contributed by atoms with Gasteiger partial charge in [0, 0.05) is 18.6 Å².